The lowest BCUT2D eigenvalue weighted by molar-refractivity contribution is -0.117. The molecule has 0 aromatic carbocycles. The first-order valence-corrected chi connectivity index (χ1v) is 7.43. The molecule has 2 heterocycles. The SMILES string of the molecule is COCc1nnc(NC(=O)CN2CC=C[C@@H]2C(C)C)s1. The highest BCUT2D eigenvalue weighted by Crippen LogP contribution is 2.19. The second-order valence-corrected chi connectivity index (χ2v) is 6.14. The summed E-state index contributed by atoms with van der Waals surface area (Å²) in [5, 5.41) is 11.9. The van der Waals surface area contributed by atoms with Crippen molar-refractivity contribution in [2.24, 2.45) is 5.92 Å². The largest absolute Gasteiger partial charge is 0.377 e. The number of hydrogen-bond acceptors (Lipinski definition) is 6. The normalized spacial score (nSPS) is 18.9. The number of anilines is 1. The van der Waals surface area contributed by atoms with Gasteiger partial charge in [0.25, 0.3) is 0 Å². The lowest BCUT2D eigenvalue weighted by Crippen LogP contribution is -2.39. The van der Waals surface area contributed by atoms with E-state index in [0.29, 0.717) is 30.2 Å². The summed E-state index contributed by atoms with van der Waals surface area (Å²) in [5.74, 6) is 0.441. The second-order valence-electron chi connectivity index (χ2n) is 5.07. The molecule has 0 saturated carbocycles. The number of aromatic nitrogens is 2. The van der Waals surface area contributed by atoms with Crippen LogP contribution >= 0.6 is 11.3 Å². The summed E-state index contributed by atoms with van der Waals surface area (Å²) in [6.45, 7) is 5.93. The van der Waals surface area contributed by atoms with Crippen molar-refractivity contribution in [3.8, 4) is 0 Å². The predicted molar refractivity (Wildman–Crippen MR) is 78.6 cm³/mol. The van der Waals surface area contributed by atoms with Crippen LogP contribution in [-0.2, 0) is 16.1 Å². The zero-order valence-electron chi connectivity index (χ0n) is 12.0. The number of carbonyl (C=O) groups excluding carboxylic acids is 1. The molecule has 0 unspecified atom stereocenters. The summed E-state index contributed by atoms with van der Waals surface area (Å²) in [4.78, 5) is 14.2. The van der Waals surface area contributed by atoms with Gasteiger partial charge in [0, 0.05) is 19.7 Å². The zero-order valence-corrected chi connectivity index (χ0v) is 12.8. The molecule has 1 aliphatic rings. The Morgan fingerprint density at radius 1 is 1.60 bits per heavy atom. The van der Waals surface area contributed by atoms with Gasteiger partial charge in [-0.3, -0.25) is 15.0 Å². The molecule has 1 aromatic heterocycles. The molecule has 0 spiro atoms. The minimum Gasteiger partial charge on any atom is -0.377 e. The quantitative estimate of drug-likeness (QED) is 0.806. The van der Waals surface area contributed by atoms with Crippen molar-refractivity contribution >= 4 is 22.4 Å². The van der Waals surface area contributed by atoms with E-state index in [-0.39, 0.29) is 5.91 Å². The van der Waals surface area contributed by atoms with Crippen LogP contribution in [0.3, 0.4) is 0 Å². The Hall–Kier alpha value is -1.31. The van der Waals surface area contributed by atoms with E-state index in [1.807, 2.05) is 0 Å². The van der Waals surface area contributed by atoms with Crippen molar-refractivity contribution in [2.45, 2.75) is 26.5 Å². The molecule has 1 amide bonds. The molecule has 1 atom stereocenters. The number of nitrogens with one attached hydrogen (secondary N) is 1. The summed E-state index contributed by atoms with van der Waals surface area (Å²) >= 11 is 1.34. The molecule has 1 aromatic rings. The molecule has 2 rings (SSSR count). The Labute approximate surface area is 122 Å². The van der Waals surface area contributed by atoms with Gasteiger partial charge >= 0.3 is 0 Å². The first-order chi connectivity index (χ1) is 9.60. The van der Waals surface area contributed by atoms with Gasteiger partial charge in [-0.25, -0.2) is 0 Å². The van der Waals surface area contributed by atoms with Gasteiger partial charge in [-0.2, -0.15) is 0 Å². The fraction of sp³-hybridized carbons (Fsp3) is 0.615. The van der Waals surface area contributed by atoms with E-state index in [0.717, 1.165) is 11.6 Å². The van der Waals surface area contributed by atoms with Gasteiger partial charge in [-0.1, -0.05) is 37.3 Å². The Morgan fingerprint density at radius 2 is 2.40 bits per heavy atom. The van der Waals surface area contributed by atoms with Gasteiger partial charge in [0.1, 0.15) is 11.6 Å². The monoisotopic (exact) mass is 296 g/mol. The van der Waals surface area contributed by atoms with E-state index in [1.54, 1.807) is 7.11 Å². The minimum absolute atomic E-state index is 0.0560. The molecular weight excluding hydrogens is 276 g/mol. The van der Waals surface area contributed by atoms with E-state index >= 15 is 0 Å². The fourth-order valence-corrected chi connectivity index (χ4v) is 2.95. The smallest absolute Gasteiger partial charge is 0.240 e. The number of ether oxygens (including phenoxy) is 1. The maximum atomic E-state index is 12.0. The highest BCUT2D eigenvalue weighted by molar-refractivity contribution is 7.15. The topological polar surface area (TPSA) is 67.4 Å². The van der Waals surface area contributed by atoms with Gasteiger partial charge in [0.05, 0.1) is 6.54 Å². The molecule has 20 heavy (non-hydrogen) atoms. The summed E-state index contributed by atoms with van der Waals surface area (Å²) in [6.07, 6.45) is 4.28. The van der Waals surface area contributed by atoms with Crippen molar-refractivity contribution in [2.75, 3.05) is 25.5 Å². The van der Waals surface area contributed by atoms with Crippen LogP contribution in [0.4, 0.5) is 5.13 Å². The van der Waals surface area contributed by atoms with Crippen LogP contribution in [0, 0.1) is 5.92 Å². The van der Waals surface area contributed by atoms with E-state index in [9.17, 15) is 4.79 Å². The lowest BCUT2D eigenvalue weighted by atomic mass is 10.0. The third kappa shape index (κ3) is 3.84. The second kappa shape index (κ2) is 6.92. The van der Waals surface area contributed by atoms with Crippen LogP contribution in [0.1, 0.15) is 18.9 Å². The van der Waals surface area contributed by atoms with Crippen LogP contribution in [0.2, 0.25) is 0 Å². The molecule has 6 nitrogen and oxygen atoms in total. The van der Waals surface area contributed by atoms with Crippen molar-refractivity contribution < 1.29 is 9.53 Å². The van der Waals surface area contributed by atoms with Crippen molar-refractivity contribution in [3.05, 3.63) is 17.2 Å². The number of rotatable bonds is 6. The number of hydrogen-bond donors (Lipinski definition) is 1. The molecule has 1 N–H and O–H groups in total. The van der Waals surface area contributed by atoms with Crippen molar-refractivity contribution in [1.82, 2.24) is 15.1 Å². The molecule has 1 aliphatic heterocycles. The Balaban J connectivity index is 1.85. The first-order valence-electron chi connectivity index (χ1n) is 6.62. The van der Waals surface area contributed by atoms with Crippen LogP contribution in [0.25, 0.3) is 0 Å². The Bertz CT molecular complexity index is 486. The summed E-state index contributed by atoms with van der Waals surface area (Å²) in [5.41, 5.74) is 0. The Kier molecular flexibility index (Phi) is 5.22. The predicted octanol–water partition coefficient (Wildman–Crippen LogP) is 1.52. The maximum Gasteiger partial charge on any atom is 0.240 e. The average molecular weight is 296 g/mol. The molecule has 0 radical (unpaired) electrons. The summed E-state index contributed by atoms with van der Waals surface area (Å²) < 4.78 is 4.97. The molecular formula is C13H20N4O2S. The first kappa shape index (κ1) is 15.1. The van der Waals surface area contributed by atoms with Crippen molar-refractivity contribution in [3.63, 3.8) is 0 Å². The number of amides is 1. The molecule has 110 valence electrons. The fourth-order valence-electron chi connectivity index (χ4n) is 2.22. The average Bonchev–Trinajstić information content (AvgIpc) is 2.99. The molecule has 7 heteroatoms. The molecule has 0 saturated heterocycles. The van der Waals surface area contributed by atoms with E-state index in [4.69, 9.17) is 4.74 Å². The number of methoxy groups -OCH3 is 1. The third-order valence-corrected chi connectivity index (χ3v) is 3.92. The van der Waals surface area contributed by atoms with Gasteiger partial charge < -0.3 is 4.74 Å². The van der Waals surface area contributed by atoms with Gasteiger partial charge in [-0.05, 0) is 5.92 Å². The van der Waals surface area contributed by atoms with Crippen LogP contribution in [0.5, 0.6) is 0 Å². The lowest BCUT2D eigenvalue weighted by Gasteiger charge is -2.26. The van der Waals surface area contributed by atoms with E-state index < -0.39 is 0 Å². The minimum atomic E-state index is -0.0560. The number of nitrogens with zero attached hydrogens (tertiary/aromatic N) is 3. The van der Waals surface area contributed by atoms with Gasteiger partial charge in [0.2, 0.25) is 11.0 Å². The number of carbonyl (C=O) groups is 1. The van der Waals surface area contributed by atoms with Gasteiger partial charge in [0.15, 0.2) is 0 Å². The zero-order chi connectivity index (χ0) is 14.5. The summed E-state index contributed by atoms with van der Waals surface area (Å²) in [7, 11) is 1.60. The van der Waals surface area contributed by atoms with E-state index in [1.165, 1.54) is 11.3 Å². The van der Waals surface area contributed by atoms with Crippen LogP contribution in [0.15, 0.2) is 12.2 Å². The highest BCUT2D eigenvalue weighted by Gasteiger charge is 2.24. The summed E-state index contributed by atoms with van der Waals surface area (Å²) in [6, 6.07) is 0.333. The third-order valence-electron chi connectivity index (χ3n) is 3.11. The molecule has 0 aliphatic carbocycles. The molecule has 0 bridgehead atoms. The highest BCUT2D eigenvalue weighted by atomic mass is 32.1. The van der Waals surface area contributed by atoms with Crippen LogP contribution < -0.4 is 5.32 Å². The van der Waals surface area contributed by atoms with Crippen molar-refractivity contribution in [1.29, 1.82) is 0 Å². The van der Waals surface area contributed by atoms with E-state index in [2.05, 4.69) is 46.4 Å². The maximum absolute atomic E-state index is 12.0. The van der Waals surface area contributed by atoms with Gasteiger partial charge in [-0.15, -0.1) is 10.2 Å². The standard InChI is InChI=1S/C13H20N4O2S/c1-9(2)10-5-4-6-17(10)7-11(18)14-13-16-15-12(20-13)8-19-3/h4-5,9-10H,6-8H2,1-3H3,(H,14,16,18)/t10-/m1/s1. The Morgan fingerprint density at radius 3 is 3.10 bits per heavy atom. The van der Waals surface area contributed by atoms with Crippen LogP contribution in [-0.4, -0.2) is 47.2 Å². The molecule has 0 fully saturated rings.